The Kier molecular flexibility index (Phi) is 3.90. The molecule has 118 valence electrons. The van der Waals surface area contributed by atoms with Gasteiger partial charge in [0.15, 0.2) is 5.58 Å². The summed E-state index contributed by atoms with van der Waals surface area (Å²) in [6.07, 6.45) is 0.450. The van der Waals surface area contributed by atoms with Crippen molar-refractivity contribution in [1.29, 1.82) is 0 Å². The van der Waals surface area contributed by atoms with Crippen LogP contribution in [-0.2, 0) is 4.79 Å². The number of nitrogens with one attached hydrogen (secondary N) is 1. The standard InChI is InChI=1S/C19H20N2O2/c1-5-18(22)20-15-10-14(7-6-11(15)2)19-21-16-8-12(3)13(4)9-17(16)23-19/h6-10H,5H2,1-4H3,(H,20,22). The Hall–Kier alpha value is -2.62. The fourth-order valence-corrected chi connectivity index (χ4v) is 2.43. The maximum Gasteiger partial charge on any atom is 0.227 e. The average molecular weight is 308 g/mol. The van der Waals surface area contributed by atoms with Crippen LogP contribution in [0.2, 0.25) is 0 Å². The number of benzene rings is 2. The van der Waals surface area contributed by atoms with Gasteiger partial charge < -0.3 is 9.73 Å². The number of nitrogens with zero attached hydrogens (tertiary/aromatic N) is 1. The molecule has 0 bridgehead atoms. The van der Waals surface area contributed by atoms with Gasteiger partial charge in [-0.2, -0.15) is 0 Å². The molecule has 1 heterocycles. The van der Waals surface area contributed by atoms with Crippen LogP contribution in [0.15, 0.2) is 34.7 Å². The van der Waals surface area contributed by atoms with E-state index in [0.717, 1.165) is 27.9 Å². The molecule has 23 heavy (non-hydrogen) atoms. The first-order valence-electron chi connectivity index (χ1n) is 7.76. The molecule has 0 spiro atoms. The molecule has 1 N–H and O–H groups in total. The van der Waals surface area contributed by atoms with Crippen LogP contribution in [0.4, 0.5) is 5.69 Å². The van der Waals surface area contributed by atoms with Gasteiger partial charge in [0.25, 0.3) is 0 Å². The zero-order valence-electron chi connectivity index (χ0n) is 13.9. The van der Waals surface area contributed by atoms with Gasteiger partial charge in [0, 0.05) is 17.7 Å². The highest BCUT2D eigenvalue weighted by molar-refractivity contribution is 5.92. The number of hydrogen-bond acceptors (Lipinski definition) is 3. The predicted octanol–water partition coefficient (Wildman–Crippen LogP) is 4.77. The summed E-state index contributed by atoms with van der Waals surface area (Å²) in [5.74, 6) is 0.561. The van der Waals surface area contributed by atoms with Crippen LogP contribution < -0.4 is 5.32 Å². The molecular weight excluding hydrogens is 288 g/mol. The quantitative estimate of drug-likeness (QED) is 0.758. The van der Waals surface area contributed by atoms with E-state index in [9.17, 15) is 4.79 Å². The number of amides is 1. The monoisotopic (exact) mass is 308 g/mol. The Bertz CT molecular complexity index is 855. The van der Waals surface area contributed by atoms with Crippen molar-refractivity contribution in [2.24, 2.45) is 0 Å². The third-order valence-electron chi connectivity index (χ3n) is 4.08. The number of rotatable bonds is 3. The molecule has 0 fully saturated rings. The summed E-state index contributed by atoms with van der Waals surface area (Å²) < 4.78 is 5.89. The van der Waals surface area contributed by atoms with Crippen LogP contribution in [0.25, 0.3) is 22.6 Å². The summed E-state index contributed by atoms with van der Waals surface area (Å²) in [6.45, 7) is 7.92. The maximum atomic E-state index is 11.6. The van der Waals surface area contributed by atoms with Gasteiger partial charge in [0.05, 0.1) is 0 Å². The number of oxazole rings is 1. The summed E-state index contributed by atoms with van der Waals surface area (Å²) >= 11 is 0. The van der Waals surface area contributed by atoms with Crippen molar-refractivity contribution in [3.8, 4) is 11.5 Å². The summed E-state index contributed by atoms with van der Waals surface area (Å²) in [4.78, 5) is 16.2. The van der Waals surface area contributed by atoms with Gasteiger partial charge in [-0.1, -0.05) is 13.0 Å². The van der Waals surface area contributed by atoms with Crippen LogP contribution in [0.3, 0.4) is 0 Å². The Balaban J connectivity index is 2.04. The van der Waals surface area contributed by atoms with Gasteiger partial charge in [0.1, 0.15) is 5.52 Å². The van der Waals surface area contributed by atoms with Crippen molar-refractivity contribution < 1.29 is 9.21 Å². The van der Waals surface area contributed by atoms with Crippen molar-refractivity contribution in [3.63, 3.8) is 0 Å². The second-order valence-corrected chi connectivity index (χ2v) is 5.85. The highest BCUT2D eigenvalue weighted by Gasteiger charge is 2.12. The van der Waals surface area contributed by atoms with E-state index in [-0.39, 0.29) is 5.91 Å². The number of aromatic nitrogens is 1. The molecule has 0 saturated heterocycles. The predicted molar refractivity (Wildman–Crippen MR) is 92.6 cm³/mol. The molecule has 1 aromatic heterocycles. The number of carbonyl (C=O) groups is 1. The molecular formula is C19H20N2O2. The van der Waals surface area contributed by atoms with Crippen LogP contribution in [0.5, 0.6) is 0 Å². The fourth-order valence-electron chi connectivity index (χ4n) is 2.43. The SMILES string of the molecule is CCC(=O)Nc1cc(-c2nc3cc(C)c(C)cc3o2)ccc1C. The van der Waals surface area contributed by atoms with E-state index in [0.29, 0.717) is 12.3 Å². The smallest absolute Gasteiger partial charge is 0.227 e. The van der Waals surface area contributed by atoms with Gasteiger partial charge in [-0.25, -0.2) is 4.98 Å². The number of carbonyl (C=O) groups excluding carboxylic acids is 1. The van der Waals surface area contributed by atoms with Crippen LogP contribution in [0.1, 0.15) is 30.0 Å². The zero-order chi connectivity index (χ0) is 16.6. The first kappa shape index (κ1) is 15.3. The van der Waals surface area contributed by atoms with Gasteiger partial charge in [-0.05, 0) is 61.7 Å². The lowest BCUT2D eigenvalue weighted by molar-refractivity contribution is -0.115. The van der Waals surface area contributed by atoms with E-state index < -0.39 is 0 Å². The first-order chi connectivity index (χ1) is 11.0. The molecule has 3 aromatic rings. The van der Waals surface area contributed by atoms with Gasteiger partial charge in [-0.3, -0.25) is 4.79 Å². The lowest BCUT2D eigenvalue weighted by atomic mass is 10.1. The number of anilines is 1. The molecule has 0 saturated carbocycles. The summed E-state index contributed by atoms with van der Waals surface area (Å²) in [6, 6.07) is 9.88. The zero-order valence-corrected chi connectivity index (χ0v) is 13.9. The van der Waals surface area contributed by atoms with Gasteiger partial charge in [-0.15, -0.1) is 0 Å². The second-order valence-electron chi connectivity index (χ2n) is 5.85. The molecule has 0 aliphatic rings. The van der Waals surface area contributed by atoms with Gasteiger partial charge in [0.2, 0.25) is 11.8 Å². The first-order valence-corrected chi connectivity index (χ1v) is 7.76. The number of aryl methyl sites for hydroxylation is 3. The molecule has 1 amide bonds. The van der Waals surface area contributed by atoms with Crippen molar-refractivity contribution in [1.82, 2.24) is 4.98 Å². The fraction of sp³-hybridized carbons (Fsp3) is 0.263. The molecule has 0 radical (unpaired) electrons. The molecule has 2 aromatic carbocycles. The molecule has 0 aliphatic heterocycles. The third kappa shape index (κ3) is 2.97. The van der Waals surface area contributed by atoms with Crippen LogP contribution in [0, 0.1) is 20.8 Å². The largest absolute Gasteiger partial charge is 0.436 e. The normalized spacial score (nSPS) is 11.0. The Labute approximate surface area is 135 Å². The third-order valence-corrected chi connectivity index (χ3v) is 4.08. The number of fused-ring (bicyclic) bond motifs is 1. The van der Waals surface area contributed by atoms with E-state index in [2.05, 4.69) is 24.1 Å². The van der Waals surface area contributed by atoms with Crippen molar-refractivity contribution in [2.45, 2.75) is 34.1 Å². The topological polar surface area (TPSA) is 55.1 Å². The van der Waals surface area contributed by atoms with Crippen molar-refractivity contribution in [3.05, 3.63) is 47.0 Å². The second kappa shape index (κ2) is 5.88. The molecule has 0 aliphatic carbocycles. The Morgan fingerprint density at radius 1 is 1.09 bits per heavy atom. The van der Waals surface area contributed by atoms with E-state index >= 15 is 0 Å². The van der Waals surface area contributed by atoms with Crippen molar-refractivity contribution in [2.75, 3.05) is 5.32 Å². The highest BCUT2D eigenvalue weighted by atomic mass is 16.3. The summed E-state index contributed by atoms with van der Waals surface area (Å²) in [7, 11) is 0. The Morgan fingerprint density at radius 3 is 2.57 bits per heavy atom. The Morgan fingerprint density at radius 2 is 1.83 bits per heavy atom. The molecule has 4 heteroatoms. The summed E-state index contributed by atoms with van der Waals surface area (Å²) in [5.41, 5.74) is 6.67. The minimum Gasteiger partial charge on any atom is -0.436 e. The van der Waals surface area contributed by atoms with Crippen LogP contribution in [-0.4, -0.2) is 10.9 Å². The lowest BCUT2D eigenvalue weighted by Crippen LogP contribution is -2.10. The lowest BCUT2D eigenvalue weighted by Gasteiger charge is -2.08. The van der Waals surface area contributed by atoms with Crippen LogP contribution >= 0.6 is 0 Å². The molecule has 4 nitrogen and oxygen atoms in total. The molecule has 0 atom stereocenters. The van der Waals surface area contributed by atoms with E-state index in [4.69, 9.17) is 4.42 Å². The molecule has 0 unspecified atom stereocenters. The number of hydrogen-bond donors (Lipinski definition) is 1. The minimum absolute atomic E-state index is 0.00550. The molecule has 3 rings (SSSR count). The van der Waals surface area contributed by atoms with E-state index in [1.54, 1.807) is 0 Å². The highest BCUT2D eigenvalue weighted by Crippen LogP contribution is 2.29. The summed E-state index contributed by atoms with van der Waals surface area (Å²) in [5, 5.41) is 2.91. The maximum absolute atomic E-state index is 11.6. The average Bonchev–Trinajstić information content (AvgIpc) is 2.92. The van der Waals surface area contributed by atoms with Crippen molar-refractivity contribution >= 4 is 22.7 Å². The van der Waals surface area contributed by atoms with E-state index in [1.807, 2.05) is 44.2 Å². The van der Waals surface area contributed by atoms with E-state index in [1.165, 1.54) is 11.1 Å². The minimum atomic E-state index is -0.00550. The van der Waals surface area contributed by atoms with Gasteiger partial charge >= 0.3 is 0 Å².